The third-order valence-corrected chi connectivity index (χ3v) is 17.9. The monoisotopic (exact) mass is 1160 g/mol. The van der Waals surface area contributed by atoms with E-state index >= 15 is 0 Å². The highest BCUT2D eigenvalue weighted by Crippen LogP contribution is 2.40. The number of hydrogen-bond acceptors (Lipinski definition) is 15. The summed E-state index contributed by atoms with van der Waals surface area (Å²) in [7, 11) is -2.84. The van der Waals surface area contributed by atoms with Crippen LogP contribution in [0.25, 0.3) is 0 Å². The lowest BCUT2D eigenvalue weighted by atomic mass is 9.84. The molecule has 4 aromatic carbocycles. The summed E-state index contributed by atoms with van der Waals surface area (Å²) in [5, 5.41) is 1.98. The minimum absolute atomic E-state index is 0.0146. The molecule has 15 nitrogen and oxygen atoms in total. The van der Waals surface area contributed by atoms with Gasteiger partial charge in [-0.05, 0) is 128 Å². The summed E-state index contributed by atoms with van der Waals surface area (Å²) < 4.78 is 90.8. The number of sulfone groups is 2. The Balaban J connectivity index is 0.674. The van der Waals surface area contributed by atoms with E-state index in [1.165, 1.54) is 5.56 Å². The zero-order valence-electron chi connectivity index (χ0n) is 44.6. The van der Waals surface area contributed by atoms with Gasteiger partial charge in [-0.15, -0.1) is 0 Å². The maximum absolute atomic E-state index is 13.0. The first-order valence-corrected chi connectivity index (χ1v) is 30.8. The number of rotatable bonds is 36. The normalized spacial score (nSPS) is 16.1. The van der Waals surface area contributed by atoms with Gasteiger partial charge in [-0.25, -0.2) is 16.8 Å². The minimum Gasteiger partial charge on any atom is -0.379 e. The number of ketones is 2. The average Bonchev–Trinajstić information content (AvgIpc) is 3.43. The number of aryl methyl sites for hydroxylation is 1. The summed E-state index contributed by atoms with van der Waals surface area (Å²) in [4.78, 5) is 29.4. The predicted molar refractivity (Wildman–Crippen MR) is 299 cm³/mol. The van der Waals surface area contributed by atoms with Gasteiger partial charge in [0.15, 0.2) is 31.2 Å². The Labute approximate surface area is 470 Å². The summed E-state index contributed by atoms with van der Waals surface area (Å²) in [6.07, 6.45) is 2.32. The van der Waals surface area contributed by atoms with E-state index in [2.05, 4.69) is 22.9 Å². The molecule has 0 radical (unpaired) electrons. The van der Waals surface area contributed by atoms with Gasteiger partial charge in [-0.2, -0.15) is 0 Å². The number of nitrogens with zero attached hydrogens (tertiary/aromatic N) is 2. The lowest BCUT2D eigenvalue weighted by molar-refractivity contribution is -0.129. The van der Waals surface area contributed by atoms with Crippen molar-refractivity contribution in [3.8, 4) is 0 Å². The van der Waals surface area contributed by atoms with Gasteiger partial charge < -0.3 is 43.0 Å². The molecule has 0 fully saturated rings. The van der Waals surface area contributed by atoms with Crippen LogP contribution in [0.2, 0.25) is 15.1 Å². The van der Waals surface area contributed by atoms with Gasteiger partial charge in [0.05, 0.1) is 74.2 Å². The van der Waals surface area contributed by atoms with Gasteiger partial charge in [-0.3, -0.25) is 9.59 Å². The van der Waals surface area contributed by atoms with Crippen molar-refractivity contribution in [3.05, 3.63) is 127 Å². The Hall–Kier alpha value is -3.37. The highest BCUT2D eigenvalue weighted by molar-refractivity contribution is 7.91. The highest BCUT2D eigenvalue weighted by atomic mass is 35.5. The smallest absolute Gasteiger partial charge is 0.178 e. The minimum atomic E-state index is -3.48. The van der Waals surface area contributed by atoms with Crippen LogP contribution < -0.4 is 0 Å². The van der Waals surface area contributed by atoms with E-state index in [9.17, 15) is 26.4 Å². The van der Waals surface area contributed by atoms with Crippen LogP contribution in [0, 0.1) is 6.92 Å². The molecule has 0 N–H and O–H groups in total. The quantitative estimate of drug-likeness (QED) is 0.0395. The molecular formula is C57H75Cl3N2O13S2. The predicted octanol–water partition coefficient (Wildman–Crippen LogP) is 8.95. The van der Waals surface area contributed by atoms with Gasteiger partial charge in [-0.1, -0.05) is 65.1 Å². The molecule has 0 saturated heterocycles. The maximum Gasteiger partial charge on any atom is 0.178 e. The zero-order chi connectivity index (χ0) is 55.2. The van der Waals surface area contributed by atoms with E-state index in [-0.39, 0.29) is 72.5 Å². The van der Waals surface area contributed by atoms with Crippen molar-refractivity contribution < 1.29 is 59.6 Å². The molecule has 0 aliphatic carbocycles. The number of benzene rings is 4. The maximum atomic E-state index is 13.0. The van der Waals surface area contributed by atoms with Crippen molar-refractivity contribution in [2.24, 2.45) is 0 Å². The number of likely N-dealkylation sites (N-methyl/N-ethyl adjacent to an activating group) is 2. The summed E-state index contributed by atoms with van der Waals surface area (Å²) in [6.45, 7) is 9.01. The third kappa shape index (κ3) is 20.6. The molecule has 77 heavy (non-hydrogen) atoms. The van der Waals surface area contributed by atoms with Gasteiger partial charge in [0.25, 0.3) is 0 Å². The molecule has 0 aromatic heterocycles. The zero-order valence-corrected chi connectivity index (χ0v) is 48.5. The molecule has 2 aliphatic heterocycles. The molecule has 6 rings (SSSR count). The van der Waals surface area contributed by atoms with E-state index < -0.39 is 19.7 Å². The molecule has 0 amide bonds. The first-order valence-electron chi connectivity index (χ1n) is 26.4. The van der Waals surface area contributed by atoms with Crippen molar-refractivity contribution in [3.63, 3.8) is 0 Å². The second-order valence-corrected chi connectivity index (χ2v) is 25.2. The molecule has 2 aliphatic rings. The van der Waals surface area contributed by atoms with Crippen LogP contribution in [0.3, 0.4) is 0 Å². The molecule has 424 valence electrons. The number of carbonyl (C=O) groups excluding carboxylic acids is 2. The average molecular weight is 1170 g/mol. The van der Waals surface area contributed by atoms with Crippen LogP contribution in [0.15, 0.2) is 82.6 Å². The van der Waals surface area contributed by atoms with Gasteiger partial charge >= 0.3 is 0 Å². The van der Waals surface area contributed by atoms with E-state index in [0.29, 0.717) is 113 Å². The fourth-order valence-electron chi connectivity index (χ4n) is 9.44. The van der Waals surface area contributed by atoms with E-state index in [1.807, 2.05) is 50.4 Å². The second-order valence-electron chi connectivity index (χ2n) is 19.7. The summed E-state index contributed by atoms with van der Waals surface area (Å²) >= 11 is 19.4. The summed E-state index contributed by atoms with van der Waals surface area (Å²) in [6, 6.07) is 22.2. The Morgan fingerprint density at radius 3 is 1.27 bits per heavy atom. The van der Waals surface area contributed by atoms with Crippen molar-refractivity contribution in [2.45, 2.75) is 80.2 Å². The lowest BCUT2D eigenvalue weighted by Gasteiger charge is -2.33. The van der Waals surface area contributed by atoms with Crippen LogP contribution in [0.1, 0.15) is 89.3 Å². The van der Waals surface area contributed by atoms with Crippen LogP contribution in [0.4, 0.5) is 0 Å². The van der Waals surface area contributed by atoms with Crippen molar-refractivity contribution in [2.75, 3.05) is 131 Å². The van der Waals surface area contributed by atoms with Crippen LogP contribution in [-0.4, -0.2) is 169 Å². The largest absolute Gasteiger partial charge is 0.379 e. The van der Waals surface area contributed by atoms with Crippen molar-refractivity contribution in [1.82, 2.24) is 9.80 Å². The molecule has 20 heteroatoms. The molecular weight excluding hydrogens is 1090 g/mol. The summed E-state index contributed by atoms with van der Waals surface area (Å²) in [5.74, 6) is -0.126. The first kappa shape index (κ1) is 62.8. The lowest BCUT2D eigenvalue weighted by Crippen LogP contribution is -2.31. The molecule has 2 unspecified atom stereocenters. The first-order chi connectivity index (χ1) is 37.0. The fourth-order valence-corrected chi connectivity index (χ4v) is 12.9. The standard InChI is InChI=1S/C57H75Cl3N2O13S2/c1-42-32-50-52(36-61(2)38-54(50)56(59)33-42)43-10-14-48(15-11-43)76(65,66)30-6-20-71-24-28-73-26-22-69-18-4-8-46(63)40-75-41-47(64)9-5-19-70-23-27-74-29-25-72-21-7-31-77(67,68)49-16-12-44(13-17-49)53-37-62(3)39-55-51(53)34-45(58)35-57(55)60/h10-17,32-35,52-53H,4-9,18-31,36-41H2,1-3H3. The Morgan fingerprint density at radius 1 is 0.494 bits per heavy atom. The molecule has 4 aromatic rings. The second kappa shape index (κ2) is 32.2. The van der Waals surface area contributed by atoms with E-state index in [1.54, 1.807) is 30.3 Å². The Kier molecular flexibility index (Phi) is 26.2. The number of fused-ring (bicyclic) bond motifs is 2. The SMILES string of the molecule is Cc1cc(Cl)c2c(c1)C(c1ccc(S(=O)(=O)CCCOCCOCCOCCCC(=O)COCC(=O)CCCOCCOCCOCCCS(=O)(=O)c3ccc(C4CN(C)Cc5c(Cl)cc(Cl)cc54)cc3)cc1)CN(C)C2. The third-order valence-electron chi connectivity index (χ3n) is 13.4. The number of ether oxygens (including phenoxy) is 7. The van der Waals surface area contributed by atoms with Crippen LogP contribution in [0.5, 0.6) is 0 Å². The molecule has 0 bridgehead atoms. The van der Waals surface area contributed by atoms with Crippen molar-refractivity contribution in [1.29, 1.82) is 0 Å². The summed E-state index contributed by atoms with van der Waals surface area (Å²) in [5.41, 5.74) is 7.60. The van der Waals surface area contributed by atoms with Crippen LogP contribution >= 0.6 is 34.8 Å². The molecule has 2 heterocycles. The van der Waals surface area contributed by atoms with Crippen LogP contribution in [-0.2, 0) is 75.5 Å². The number of carbonyl (C=O) groups is 2. The van der Waals surface area contributed by atoms with E-state index in [4.69, 9.17) is 68.0 Å². The van der Waals surface area contributed by atoms with Gasteiger partial charge in [0, 0.05) is 92.4 Å². The number of hydrogen-bond donors (Lipinski definition) is 0. The number of Topliss-reactive ketones (excluding diaryl/α,β-unsaturated/α-hetero) is 2. The molecule has 2 atom stereocenters. The fraction of sp³-hybridized carbons (Fsp3) is 0.544. The van der Waals surface area contributed by atoms with Crippen molar-refractivity contribution >= 4 is 66.0 Å². The van der Waals surface area contributed by atoms with E-state index in [0.717, 1.165) is 64.6 Å². The van der Waals surface area contributed by atoms with Gasteiger partial charge in [0.1, 0.15) is 13.2 Å². The highest BCUT2D eigenvalue weighted by Gasteiger charge is 2.29. The molecule has 0 saturated carbocycles. The topological polar surface area (TPSA) is 174 Å². The molecule has 0 spiro atoms. The Morgan fingerprint density at radius 2 is 0.857 bits per heavy atom. The number of halogens is 3. The van der Waals surface area contributed by atoms with Gasteiger partial charge in [0.2, 0.25) is 0 Å². The Bertz CT molecular complexity index is 2550.